The fraction of sp³-hybridized carbons (Fsp3) is 0.0909. The highest BCUT2D eigenvalue weighted by Gasteiger charge is 2.19. The first-order chi connectivity index (χ1) is 15.4. The summed E-state index contributed by atoms with van der Waals surface area (Å²) in [5, 5.41) is 9.12. The molecule has 0 aliphatic rings. The van der Waals surface area contributed by atoms with Crippen LogP contribution < -0.4 is 15.2 Å². The number of sulfonamides is 1. The van der Waals surface area contributed by atoms with E-state index in [1.165, 1.54) is 0 Å². The number of fused-ring (bicyclic) bond motifs is 3. The van der Waals surface area contributed by atoms with Gasteiger partial charge in [-0.3, -0.25) is 4.72 Å². The summed E-state index contributed by atoms with van der Waals surface area (Å²) in [6, 6.07) is 17.7. The molecular formula is C22H19N5O4S. The molecule has 0 unspecified atom stereocenters. The lowest BCUT2D eigenvalue weighted by molar-refractivity contribution is 0.265. The molecule has 0 aliphatic carbocycles. The molecule has 0 radical (unpaired) electrons. The van der Waals surface area contributed by atoms with Gasteiger partial charge in [0.05, 0.1) is 16.1 Å². The van der Waals surface area contributed by atoms with Crippen LogP contribution in [0, 0.1) is 6.92 Å². The van der Waals surface area contributed by atoms with Crippen molar-refractivity contribution in [3.63, 3.8) is 0 Å². The van der Waals surface area contributed by atoms with E-state index >= 15 is 0 Å². The lowest BCUT2D eigenvalue weighted by Gasteiger charge is -2.12. The Balaban J connectivity index is 1.58. The number of aromatic amines is 1. The van der Waals surface area contributed by atoms with Crippen LogP contribution >= 0.6 is 0 Å². The van der Waals surface area contributed by atoms with Crippen LogP contribution in [0.25, 0.3) is 21.8 Å². The van der Waals surface area contributed by atoms with E-state index in [1.54, 1.807) is 30.3 Å². The fourth-order valence-electron chi connectivity index (χ4n) is 3.48. The first kappa shape index (κ1) is 19.9. The smallest absolute Gasteiger partial charge is 0.312 e. The zero-order valence-corrected chi connectivity index (χ0v) is 17.8. The van der Waals surface area contributed by atoms with Gasteiger partial charge in [0.25, 0.3) is 15.9 Å². The number of aromatic nitrogens is 3. The summed E-state index contributed by atoms with van der Waals surface area (Å²) < 4.78 is 39.7. The second-order valence-electron chi connectivity index (χ2n) is 7.31. The van der Waals surface area contributed by atoms with E-state index < -0.39 is 10.0 Å². The molecule has 0 saturated heterocycles. The third kappa shape index (κ3) is 3.71. The number of benzene rings is 3. The van der Waals surface area contributed by atoms with Gasteiger partial charge in [-0.2, -0.15) is 0 Å². The molecule has 10 heteroatoms. The molecule has 5 rings (SSSR count). The predicted octanol–water partition coefficient (Wildman–Crippen LogP) is 3.97. The third-order valence-electron chi connectivity index (χ3n) is 5.01. The SMILES string of the molecule is Cc1ccc(S(=O)(=O)Nc2cc(OCc3nnc(N)o3)cc3c2[nH]c2ccccc23)cc1. The molecular weight excluding hydrogens is 430 g/mol. The number of nitrogens with zero attached hydrogens (tertiary/aromatic N) is 2. The van der Waals surface area contributed by atoms with Crippen molar-refractivity contribution in [2.75, 3.05) is 10.5 Å². The van der Waals surface area contributed by atoms with Crippen LogP contribution in [0.4, 0.5) is 11.7 Å². The third-order valence-corrected chi connectivity index (χ3v) is 6.39. The van der Waals surface area contributed by atoms with Crippen LogP contribution in [0.1, 0.15) is 11.5 Å². The second-order valence-corrected chi connectivity index (χ2v) is 8.99. The van der Waals surface area contributed by atoms with Gasteiger partial charge in [0, 0.05) is 22.4 Å². The topological polar surface area (TPSA) is 136 Å². The Hall–Kier alpha value is -4.05. The van der Waals surface area contributed by atoms with Crippen molar-refractivity contribution in [3.05, 3.63) is 72.1 Å². The summed E-state index contributed by atoms with van der Waals surface area (Å²) in [5.74, 6) is 0.643. The molecule has 9 nitrogen and oxygen atoms in total. The van der Waals surface area contributed by atoms with E-state index in [0.717, 1.165) is 21.9 Å². The van der Waals surface area contributed by atoms with Crippen LogP contribution in [0.2, 0.25) is 0 Å². The number of nitrogen functional groups attached to an aromatic ring is 1. The van der Waals surface area contributed by atoms with Crippen LogP contribution in [0.3, 0.4) is 0 Å². The van der Waals surface area contributed by atoms with Gasteiger partial charge in [0.1, 0.15) is 5.75 Å². The summed E-state index contributed by atoms with van der Waals surface area (Å²) in [5.41, 5.74) is 8.31. The van der Waals surface area contributed by atoms with Crippen molar-refractivity contribution in [2.45, 2.75) is 18.4 Å². The van der Waals surface area contributed by atoms with Crippen molar-refractivity contribution in [3.8, 4) is 5.75 Å². The maximum atomic E-state index is 13.1. The number of para-hydroxylation sites is 1. The van der Waals surface area contributed by atoms with Gasteiger partial charge < -0.3 is 19.9 Å². The summed E-state index contributed by atoms with van der Waals surface area (Å²) in [4.78, 5) is 3.46. The van der Waals surface area contributed by atoms with Gasteiger partial charge >= 0.3 is 6.01 Å². The van der Waals surface area contributed by atoms with Gasteiger partial charge in [-0.05, 0) is 31.2 Å². The normalized spacial score (nSPS) is 11.8. The maximum absolute atomic E-state index is 13.1. The summed E-state index contributed by atoms with van der Waals surface area (Å²) in [6.45, 7) is 1.89. The first-order valence-corrected chi connectivity index (χ1v) is 11.2. The van der Waals surface area contributed by atoms with E-state index in [9.17, 15) is 8.42 Å². The molecule has 0 spiro atoms. The monoisotopic (exact) mass is 449 g/mol. The molecule has 0 atom stereocenters. The number of hydrogen-bond acceptors (Lipinski definition) is 7. The van der Waals surface area contributed by atoms with E-state index in [2.05, 4.69) is 19.9 Å². The van der Waals surface area contributed by atoms with Crippen LogP contribution in [0.5, 0.6) is 5.75 Å². The van der Waals surface area contributed by atoms with Gasteiger partial charge in [-0.15, -0.1) is 5.10 Å². The molecule has 3 aromatic carbocycles. The Kier molecular flexibility index (Phi) is 4.71. The fourth-order valence-corrected chi connectivity index (χ4v) is 4.54. The predicted molar refractivity (Wildman–Crippen MR) is 121 cm³/mol. The minimum atomic E-state index is -3.82. The highest BCUT2D eigenvalue weighted by atomic mass is 32.2. The number of ether oxygens (including phenoxy) is 1. The Labute approximate surface area is 183 Å². The average molecular weight is 449 g/mol. The molecule has 0 amide bonds. The van der Waals surface area contributed by atoms with Crippen molar-refractivity contribution in [1.82, 2.24) is 15.2 Å². The largest absolute Gasteiger partial charge is 0.484 e. The van der Waals surface area contributed by atoms with E-state index in [0.29, 0.717) is 17.0 Å². The molecule has 0 saturated carbocycles. The van der Waals surface area contributed by atoms with E-state index in [4.69, 9.17) is 14.9 Å². The molecule has 0 bridgehead atoms. The van der Waals surface area contributed by atoms with Gasteiger partial charge in [-0.1, -0.05) is 41.0 Å². The maximum Gasteiger partial charge on any atom is 0.312 e. The minimum absolute atomic E-state index is 0.0117. The minimum Gasteiger partial charge on any atom is -0.484 e. The Morgan fingerprint density at radius 2 is 1.84 bits per heavy atom. The lowest BCUT2D eigenvalue weighted by Crippen LogP contribution is -2.13. The summed E-state index contributed by atoms with van der Waals surface area (Å²) in [7, 11) is -3.82. The van der Waals surface area contributed by atoms with Crippen molar-refractivity contribution < 1.29 is 17.6 Å². The Bertz CT molecular complexity index is 1540. The van der Waals surface area contributed by atoms with Gasteiger partial charge in [0.15, 0.2) is 6.61 Å². The molecule has 0 aliphatic heterocycles. The molecule has 162 valence electrons. The number of anilines is 2. The Morgan fingerprint density at radius 1 is 1.06 bits per heavy atom. The highest BCUT2D eigenvalue weighted by Crippen LogP contribution is 2.35. The van der Waals surface area contributed by atoms with Crippen molar-refractivity contribution in [1.29, 1.82) is 0 Å². The van der Waals surface area contributed by atoms with Gasteiger partial charge in [-0.25, -0.2) is 8.42 Å². The lowest BCUT2D eigenvalue weighted by atomic mass is 10.1. The summed E-state index contributed by atoms with van der Waals surface area (Å²) in [6.07, 6.45) is 0. The molecule has 5 aromatic rings. The molecule has 2 heterocycles. The quantitative estimate of drug-likeness (QED) is 0.357. The zero-order chi connectivity index (χ0) is 22.3. The number of rotatable bonds is 6. The van der Waals surface area contributed by atoms with E-state index in [1.807, 2.05) is 37.3 Å². The molecule has 0 fully saturated rings. The number of nitrogens with two attached hydrogens (primary N) is 1. The number of H-pyrrole nitrogens is 1. The van der Waals surface area contributed by atoms with Crippen molar-refractivity contribution in [2.24, 2.45) is 0 Å². The molecule has 4 N–H and O–H groups in total. The molecule has 2 aromatic heterocycles. The zero-order valence-electron chi connectivity index (χ0n) is 17.0. The second kappa shape index (κ2) is 7.57. The van der Waals surface area contributed by atoms with Crippen LogP contribution in [-0.2, 0) is 16.6 Å². The Morgan fingerprint density at radius 3 is 2.59 bits per heavy atom. The summed E-state index contributed by atoms with van der Waals surface area (Å²) >= 11 is 0. The first-order valence-electron chi connectivity index (χ1n) is 9.74. The number of hydrogen-bond donors (Lipinski definition) is 3. The van der Waals surface area contributed by atoms with Crippen molar-refractivity contribution >= 4 is 43.5 Å². The van der Waals surface area contributed by atoms with Crippen LogP contribution in [-0.4, -0.2) is 23.6 Å². The van der Waals surface area contributed by atoms with E-state index in [-0.39, 0.29) is 23.4 Å². The van der Waals surface area contributed by atoms with Gasteiger partial charge in [0.2, 0.25) is 0 Å². The molecule has 32 heavy (non-hydrogen) atoms. The van der Waals surface area contributed by atoms with Crippen LogP contribution in [0.15, 0.2) is 70.0 Å². The average Bonchev–Trinajstić information content (AvgIpc) is 3.36. The number of aryl methyl sites for hydroxylation is 1. The standard InChI is InChI=1S/C22H19N5O4S/c1-13-6-8-15(9-7-13)32(28,29)27-19-11-14(30-12-20-25-26-22(23)31-20)10-17-16-4-2-3-5-18(16)24-21(17)19/h2-11,24,27H,12H2,1H3,(H2,23,26). The highest BCUT2D eigenvalue weighted by molar-refractivity contribution is 7.92. The number of nitrogens with one attached hydrogen (secondary N) is 2.